The number of nitro groups is 1. The Hall–Kier alpha value is -3.62. The molecule has 0 aliphatic carbocycles. The lowest BCUT2D eigenvalue weighted by molar-refractivity contribution is -0.384. The fourth-order valence-electron chi connectivity index (χ4n) is 3.37. The third-order valence-electron chi connectivity index (χ3n) is 5.02. The summed E-state index contributed by atoms with van der Waals surface area (Å²) in [7, 11) is 1.64. The van der Waals surface area contributed by atoms with E-state index in [4.69, 9.17) is 4.74 Å². The molecule has 0 saturated carbocycles. The average Bonchev–Trinajstić information content (AvgIpc) is 2.79. The summed E-state index contributed by atoms with van der Waals surface area (Å²) < 4.78 is 5.41. The fourth-order valence-corrected chi connectivity index (χ4v) is 3.37. The number of hydrogen-bond acceptors (Lipinski definition) is 6. The van der Waals surface area contributed by atoms with E-state index in [0.29, 0.717) is 31.7 Å². The van der Waals surface area contributed by atoms with E-state index in [9.17, 15) is 19.7 Å². The van der Waals surface area contributed by atoms with Crippen LogP contribution < -0.4 is 15.0 Å². The number of carbonyl (C=O) groups excluding carboxylic acids is 2. The van der Waals surface area contributed by atoms with Crippen molar-refractivity contribution in [3.8, 4) is 5.75 Å². The second-order valence-electron chi connectivity index (χ2n) is 6.85. The molecule has 1 aliphatic rings. The molecule has 1 aliphatic heterocycles. The number of benzene rings is 2. The molecule has 0 aromatic heterocycles. The first-order chi connectivity index (χ1) is 14.5. The zero-order valence-corrected chi connectivity index (χ0v) is 16.7. The lowest BCUT2D eigenvalue weighted by Crippen LogP contribution is -2.49. The SMILES string of the molecule is COc1ccccc1N1CCN(C(=O)CCNC(=O)c2ccc([N+](=O)[O-])cc2)CC1. The quantitative estimate of drug-likeness (QED) is 0.551. The highest BCUT2D eigenvalue weighted by atomic mass is 16.6. The molecule has 30 heavy (non-hydrogen) atoms. The summed E-state index contributed by atoms with van der Waals surface area (Å²) >= 11 is 0. The molecule has 2 amide bonds. The number of anilines is 1. The van der Waals surface area contributed by atoms with Crippen LogP contribution in [0.4, 0.5) is 11.4 Å². The van der Waals surface area contributed by atoms with E-state index in [0.717, 1.165) is 11.4 Å². The molecule has 9 nitrogen and oxygen atoms in total. The molecule has 0 atom stereocenters. The normalized spacial score (nSPS) is 13.6. The van der Waals surface area contributed by atoms with Crippen LogP contribution in [0.2, 0.25) is 0 Å². The van der Waals surface area contributed by atoms with E-state index in [-0.39, 0.29) is 30.5 Å². The predicted octanol–water partition coefficient (Wildman–Crippen LogP) is 2.07. The van der Waals surface area contributed by atoms with Gasteiger partial charge in [0.15, 0.2) is 0 Å². The highest BCUT2D eigenvalue weighted by Gasteiger charge is 2.22. The second-order valence-corrected chi connectivity index (χ2v) is 6.85. The Kier molecular flexibility index (Phi) is 6.84. The van der Waals surface area contributed by atoms with E-state index < -0.39 is 4.92 Å². The second kappa shape index (κ2) is 9.73. The van der Waals surface area contributed by atoms with Crippen LogP contribution in [0.15, 0.2) is 48.5 Å². The summed E-state index contributed by atoms with van der Waals surface area (Å²) in [6.07, 6.45) is 0.202. The summed E-state index contributed by atoms with van der Waals surface area (Å²) in [5.74, 6) is 0.434. The Morgan fingerprint density at radius 2 is 1.73 bits per heavy atom. The molecule has 2 aromatic carbocycles. The first-order valence-electron chi connectivity index (χ1n) is 9.68. The van der Waals surface area contributed by atoms with Crippen LogP contribution in [-0.4, -0.2) is 61.5 Å². The van der Waals surface area contributed by atoms with Crippen molar-refractivity contribution in [2.24, 2.45) is 0 Å². The Bertz CT molecular complexity index is 908. The number of carbonyl (C=O) groups is 2. The van der Waals surface area contributed by atoms with Gasteiger partial charge in [0.2, 0.25) is 5.91 Å². The van der Waals surface area contributed by atoms with Crippen molar-refractivity contribution in [3.63, 3.8) is 0 Å². The maximum atomic E-state index is 12.5. The Morgan fingerprint density at radius 3 is 2.37 bits per heavy atom. The molecule has 0 radical (unpaired) electrons. The third kappa shape index (κ3) is 5.05. The monoisotopic (exact) mass is 412 g/mol. The summed E-state index contributed by atoms with van der Waals surface area (Å²) in [5.41, 5.74) is 1.26. The van der Waals surface area contributed by atoms with Gasteiger partial charge in [-0.3, -0.25) is 19.7 Å². The first-order valence-corrected chi connectivity index (χ1v) is 9.68. The minimum atomic E-state index is -0.520. The van der Waals surface area contributed by atoms with Crippen LogP contribution >= 0.6 is 0 Å². The largest absolute Gasteiger partial charge is 0.495 e. The molecular formula is C21H24N4O5. The summed E-state index contributed by atoms with van der Waals surface area (Å²) in [6.45, 7) is 2.84. The number of hydrogen-bond donors (Lipinski definition) is 1. The molecule has 3 rings (SSSR count). The molecule has 1 fully saturated rings. The number of para-hydroxylation sites is 2. The summed E-state index contributed by atoms with van der Waals surface area (Å²) in [5, 5.41) is 13.4. The predicted molar refractivity (Wildman–Crippen MR) is 112 cm³/mol. The van der Waals surface area contributed by atoms with Gasteiger partial charge in [0.1, 0.15) is 5.75 Å². The van der Waals surface area contributed by atoms with Gasteiger partial charge >= 0.3 is 0 Å². The summed E-state index contributed by atoms with van der Waals surface area (Å²) in [4.78, 5) is 38.7. The minimum absolute atomic E-state index is 0.0151. The van der Waals surface area contributed by atoms with Gasteiger partial charge in [-0.1, -0.05) is 12.1 Å². The standard InChI is InChI=1S/C21H24N4O5/c1-30-19-5-3-2-4-18(19)23-12-14-24(15-13-23)20(26)10-11-22-21(27)16-6-8-17(9-7-16)25(28)29/h2-9H,10-15H2,1H3,(H,22,27). The molecule has 158 valence electrons. The molecule has 0 spiro atoms. The Balaban J connectivity index is 1.44. The van der Waals surface area contributed by atoms with Gasteiger partial charge in [-0.05, 0) is 24.3 Å². The molecular weight excluding hydrogens is 388 g/mol. The highest BCUT2D eigenvalue weighted by Crippen LogP contribution is 2.28. The van der Waals surface area contributed by atoms with Gasteiger partial charge in [0, 0.05) is 56.8 Å². The van der Waals surface area contributed by atoms with Crippen molar-refractivity contribution < 1.29 is 19.2 Å². The van der Waals surface area contributed by atoms with Crippen molar-refractivity contribution in [2.45, 2.75) is 6.42 Å². The van der Waals surface area contributed by atoms with Crippen molar-refractivity contribution in [3.05, 3.63) is 64.2 Å². The molecule has 9 heteroatoms. The van der Waals surface area contributed by atoms with Crippen molar-refractivity contribution in [1.82, 2.24) is 10.2 Å². The number of nitrogens with zero attached hydrogens (tertiary/aromatic N) is 3. The van der Waals surface area contributed by atoms with Crippen LogP contribution in [0.5, 0.6) is 5.75 Å². The Labute approximate surface area is 174 Å². The number of rotatable bonds is 7. The minimum Gasteiger partial charge on any atom is -0.495 e. The number of methoxy groups -OCH3 is 1. The number of ether oxygens (including phenoxy) is 1. The number of non-ortho nitro benzene ring substituents is 1. The zero-order chi connectivity index (χ0) is 21.5. The maximum Gasteiger partial charge on any atom is 0.269 e. The van der Waals surface area contributed by atoms with Gasteiger partial charge in [-0.25, -0.2) is 0 Å². The maximum absolute atomic E-state index is 12.5. The average molecular weight is 412 g/mol. The first kappa shape index (κ1) is 21.1. The van der Waals surface area contributed by atoms with Crippen LogP contribution in [0.1, 0.15) is 16.8 Å². The van der Waals surface area contributed by atoms with E-state index in [1.807, 2.05) is 24.3 Å². The number of nitro benzene ring substituents is 1. The third-order valence-corrected chi connectivity index (χ3v) is 5.02. The van der Waals surface area contributed by atoms with Crippen LogP contribution in [0.3, 0.4) is 0 Å². The number of amides is 2. The molecule has 1 heterocycles. The van der Waals surface area contributed by atoms with Gasteiger partial charge in [0.25, 0.3) is 11.6 Å². The van der Waals surface area contributed by atoms with Crippen LogP contribution in [0.25, 0.3) is 0 Å². The number of piperazine rings is 1. The fraction of sp³-hybridized carbons (Fsp3) is 0.333. The Morgan fingerprint density at radius 1 is 1.07 bits per heavy atom. The topological polar surface area (TPSA) is 105 Å². The lowest BCUT2D eigenvalue weighted by atomic mass is 10.2. The molecule has 1 saturated heterocycles. The van der Waals surface area contributed by atoms with Gasteiger partial charge < -0.3 is 19.9 Å². The lowest BCUT2D eigenvalue weighted by Gasteiger charge is -2.36. The van der Waals surface area contributed by atoms with E-state index in [1.165, 1.54) is 24.3 Å². The van der Waals surface area contributed by atoms with Crippen molar-refractivity contribution in [1.29, 1.82) is 0 Å². The van der Waals surface area contributed by atoms with E-state index in [1.54, 1.807) is 12.0 Å². The molecule has 2 aromatic rings. The highest BCUT2D eigenvalue weighted by molar-refractivity contribution is 5.94. The number of nitrogens with one attached hydrogen (secondary N) is 1. The smallest absolute Gasteiger partial charge is 0.269 e. The van der Waals surface area contributed by atoms with E-state index in [2.05, 4.69) is 10.2 Å². The van der Waals surface area contributed by atoms with Gasteiger partial charge in [0.05, 0.1) is 17.7 Å². The van der Waals surface area contributed by atoms with Crippen molar-refractivity contribution in [2.75, 3.05) is 44.7 Å². The van der Waals surface area contributed by atoms with Crippen LogP contribution in [-0.2, 0) is 4.79 Å². The van der Waals surface area contributed by atoms with Crippen LogP contribution in [0, 0.1) is 10.1 Å². The zero-order valence-electron chi connectivity index (χ0n) is 16.7. The van der Waals surface area contributed by atoms with Gasteiger partial charge in [-0.15, -0.1) is 0 Å². The van der Waals surface area contributed by atoms with E-state index >= 15 is 0 Å². The molecule has 0 unspecified atom stereocenters. The molecule has 0 bridgehead atoms. The van der Waals surface area contributed by atoms with Crippen molar-refractivity contribution >= 4 is 23.2 Å². The molecule has 1 N–H and O–H groups in total. The van der Waals surface area contributed by atoms with Gasteiger partial charge in [-0.2, -0.15) is 0 Å². The summed E-state index contributed by atoms with van der Waals surface area (Å²) in [6, 6.07) is 13.2.